The Kier molecular flexibility index (Phi) is 5.33. The summed E-state index contributed by atoms with van der Waals surface area (Å²) in [5.74, 6) is 4.61. The molecule has 0 aromatic heterocycles. The standard InChI is InChI=1S/C26H42O2/c1-16(2)7-6-8-17(3)19-9-10-20-23-21(12-14-25(19,20)4)26(5)13-11-18(27)15-22(26)24(23)28/h16-17,19-23H,6-15H2,1-5H3/t17-,19-,20+,21+,22-,23-,25-,26+/m0/s1. The average Bonchev–Trinajstić information content (AvgIpc) is 3.08. The van der Waals surface area contributed by atoms with Crippen LogP contribution < -0.4 is 0 Å². The Hall–Kier alpha value is -0.660. The molecule has 2 heteroatoms. The van der Waals surface area contributed by atoms with E-state index in [0.29, 0.717) is 41.7 Å². The minimum Gasteiger partial charge on any atom is -0.300 e. The second-order valence-corrected chi connectivity index (χ2v) is 12.0. The maximum atomic E-state index is 13.6. The first-order valence-corrected chi connectivity index (χ1v) is 12.2. The van der Waals surface area contributed by atoms with E-state index < -0.39 is 0 Å². The molecule has 0 bridgehead atoms. The monoisotopic (exact) mass is 386 g/mol. The lowest BCUT2D eigenvalue weighted by molar-refractivity contribution is -0.134. The van der Waals surface area contributed by atoms with Gasteiger partial charge in [0.05, 0.1) is 0 Å². The van der Waals surface area contributed by atoms with Gasteiger partial charge in [0.25, 0.3) is 0 Å². The normalized spacial score (nSPS) is 46.4. The highest BCUT2D eigenvalue weighted by atomic mass is 16.1. The molecule has 4 fully saturated rings. The Labute approximate surface area is 172 Å². The Bertz CT molecular complexity index is 636. The molecule has 0 N–H and O–H groups in total. The topological polar surface area (TPSA) is 34.1 Å². The molecule has 4 aliphatic carbocycles. The van der Waals surface area contributed by atoms with Crippen molar-refractivity contribution in [2.45, 2.75) is 98.8 Å². The zero-order valence-electron chi connectivity index (χ0n) is 18.9. The number of ketones is 2. The van der Waals surface area contributed by atoms with Crippen molar-refractivity contribution in [1.82, 2.24) is 0 Å². The van der Waals surface area contributed by atoms with Crippen LogP contribution in [0.15, 0.2) is 0 Å². The molecule has 28 heavy (non-hydrogen) atoms. The zero-order valence-corrected chi connectivity index (χ0v) is 18.9. The molecule has 0 radical (unpaired) electrons. The predicted molar refractivity (Wildman–Crippen MR) is 114 cm³/mol. The molecule has 4 rings (SSSR count). The quantitative estimate of drug-likeness (QED) is 0.543. The summed E-state index contributed by atoms with van der Waals surface area (Å²) in [5, 5.41) is 0. The summed E-state index contributed by atoms with van der Waals surface area (Å²) >= 11 is 0. The van der Waals surface area contributed by atoms with Gasteiger partial charge < -0.3 is 0 Å². The van der Waals surface area contributed by atoms with E-state index in [1.165, 1.54) is 44.9 Å². The Balaban J connectivity index is 1.53. The molecule has 4 aliphatic rings. The van der Waals surface area contributed by atoms with Crippen molar-refractivity contribution in [2.75, 3.05) is 0 Å². The summed E-state index contributed by atoms with van der Waals surface area (Å²) in [7, 11) is 0. The number of carbonyl (C=O) groups excluding carboxylic acids is 2. The van der Waals surface area contributed by atoms with Crippen LogP contribution in [0.5, 0.6) is 0 Å². The lowest BCUT2D eigenvalue weighted by Gasteiger charge is -2.50. The number of Topliss-reactive ketones (excluding diaryl/α,β-unsaturated/α-hetero) is 2. The Morgan fingerprint density at radius 2 is 1.64 bits per heavy atom. The molecule has 0 spiro atoms. The number of rotatable bonds is 5. The van der Waals surface area contributed by atoms with Gasteiger partial charge in [-0.2, -0.15) is 0 Å². The van der Waals surface area contributed by atoms with Crippen LogP contribution in [0.2, 0.25) is 0 Å². The van der Waals surface area contributed by atoms with Gasteiger partial charge in [0, 0.05) is 24.7 Å². The number of hydrogen-bond donors (Lipinski definition) is 0. The van der Waals surface area contributed by atoms with Gasteiger partial charge in [-0.15, -0.1) is 0 Å². The molecule has 4 saturated carbocycles. The molecule has 0 aromatic carbocycles. The summed E-state index contributed by atoms with van der Waals surface area (Å²) in [6, 6.07) is 0. The molecular formula is C26H42O2. The molecule has 0 amide bonds. The largest absolute Gasteiger partial charge is 0.300 e. The summed E-state index contributed by atoms with van der Waals surface area (Å²) in [6.07, 6.45) is 11.4. The van der Waals surface area contributed by atoms with Crippen LogP contribution in [-0.2, 0) is 9.59 Å². The van der Waals surface area contributed by atoms with E-state index in [9.17, 15) is 9.59 Å². The van der Waals surface area contributed by atoms with Gasteiger partial charge in [-0.25, -0.2) is 0 Å². The SMILES string of the molecule is CC(C)CCC[C@H](C)[C@@H]1CC[C@@H]2[C@@H]3C(=O)[C@@H]4CC(=O)CC[C@]4(C)[C@@H]3CC[C@]21C. The molecule has 158 valence electrons. The molecule has 8 atom stereocenters. The van der Waals surface area contributed by atoms with Crippen molar-refractivity contribution < 1.29 is 9.59 Å². The van der Waals surface area contributed by atoms with Crippen molar-refractivity contribution in [2.24, 2.45) is 52.3 Å². The number of fused-ring (bicyclic) bond motifs is 5. The Morgan fingerprint density at radius 3 is 2.36 bits per heavy atom. The fourth-order valence-corrected chi connectivity index (χ4v) is 8.55. The molecule has 0 heterocycles. The molecule has 0 unspecified atom stereocenters. The van der Waals surface area contributed by atoms with Gasteiger partial charge in [-0.1, -0.05) is 53.9 Å². The van der Waals surface area contributed by atoms with Crippen LogP contribution in [0.25, 0.3) is 0 Å². The van der Waals surface area contributed by atoms with Crippen LogP contribution in [0, 0.1) is 52.3 Å². The van der Waals surface area contributed by atoms with Crippen molar-refractivity contribution in [3.63, 3.8) is 0 Å². The molecule has 0 saturated heterocycles. The van der Waals surface area contributed by atoms with Gasteiger partial charge in [0.15, 0.2) is 0 Å². The highest BCUT2D eigenvalue weighted by Gasteiger charge is 2.66. The van der Waals surface area contributed by atoms with Crippen LogP contribution >= 0.6 is 0 Å². The van der Waals surface area contributed by atoms with E-state index in [4.69, 9.17) is 0 Å². The van der Waals surface area contributed by atoms with E-state index in [1.807, 2.05) is 0 Å². The molecule has 0 aromatic rings. The van der Waals surface area contributed by atoms with Gasteiger partial charge in [0.1, 0.15) is 11.6 Å². The minimum atomic E-state index is 0.0358. The van der Waals surface area contributed by atoms with Gasteiger partial charge in [0.2, 0.25) is 0 Å². The lowest BCUT2D eigenvalue weighted by Crippen LogP contribution is -2.45. The lowest BCUT2D eigenvalue weighted by atomic mass is 9.53. The number of carbonyl (C=O) groups is 2. The van der Waals surface area contributed by atoms with E-state index in [2.05, 4.69) is 34.6 Å². The minimum absolute atomic E-state index is 0.0358. The average molecular weight is 387 g/mol. The third-order valence-electron chi connectivity index (χ3n) is 10.2. The highest BCUT2D eigenvalue weighted by molar-refractivity contribution is 5.93. The van der Waals surface area contributed by atoms with Crippen molar-refractivity contribution >= 4 is 11.6 Å². The van der Waals surface area contributed by atoms with E-state index >= 15 is 0 Å². The van der Waals surface area contributed by atoms with Crippen molar-refractivity contribution in [1.29, 1.82) is 0 Å². The Morgan fingerprint density at radius 1 is 0.929 bits per heavy atom. The fraction of sp³-hybridized carbons (Fsp3) is 0.923. The third kappa shape index (κ3) is 3.03. The van der Waals surface area contributed by atoms with E-state index in [0.717, 1.165) is 24.2 Å². The second kappa shape index (κ2) is 7.24. The predicted octanol–water partition coefficient (Wildman–Crippen LogP) is 6.47. The van der Waals surface area contributed by atoms with Gasteiger partial charge in [-0.3, -0.25) is 9.59 Å². The smallest absolute Gasteiger partial charge is 0.140 e. The maximum absolute atomic E-state index is 13.6. The first-order valence-electron chi connectivity index (χ1n) is 12.2. The first kappa shape index (κ1) is 20.6. The van der Waals surface area contributed by atoms with Crippen LogP contribution in [0.1, 0.15) is 98.8 Å². The number of hydrogen-bond acceptors (Lipinski definition) is 2. The van der Waals surface area contributed by atoms with Crippen LogP contribution in [-0.4, -0.2) is 11.6 Å². The molecule has 0 aliphatic heterocycles. The fourth-order valence-electron chi connectivity index (χ4n) is 8.55. The second-order valence-electron chi connectivity index (χ2n) is 12.0. The summed E-state index contributed by atoms with van der Waals surface area (Å²) in [4.78, 5) is 25.7. The van der Waals surface area contributed by atoms with Gasteiger partial charge >= 0.3 is 0 Å². The van der Waals surface area contributed by atoms with Crippen molar-refractivity contribution in [3.05, 3.63) is 0 Å². The van der Waals surface area contributed by atoms with Crippen LogP contribution in [0.4, 0.5) is 0 Å². The molecular weight excluding hydrogens is 344 g/mol. The highest BCUT2D eigenvalue weighted by Crippen LogP contribution is 2.69. The summed E-state index contributed by atoms with van der Waals surface area (Å²) in [6.45, 7) is 12.0. The maximum Gasteiger partial charge on any atom is 0.140 e. The molecule has 2 nitrogen and oxygen atoms in total. The third-order valence-corrected chi connectivity index (χ3v) is 10.2. The van der Waals surface area contributed by atoms with E-state index in [-0.39, 0.29) is 17.3 Å². The van der Waals surface area contributed by atoms with Gasteiger partial charge in [-0.05, 0) is 72.5 Å². The van der Waals surface area contributed by atoms with Crippen LogP contribution in [0.3, 0.4) is 0 Å². The summed E-state index contributed by atoms with van der Waals surface area (Å²) < 4.78 is 0. The zero-order chi connectivity index (χ0) is 20.3. The van der Waals surface area contributed by atoms with Crippen molar-refractivity contribution in [3.8, 4) is 0 Å². The van der Waals surface area contributed by atoms with E-state index in [1.54, 1.807) is 0 Å². The first-order chi connectivity index (χ1) is 13.2. The summed E-state index contributed by atoms with van der Waals surface area (Å²) in [5.41, 5.74) is 0.458.